The Morgan fingerprint density at radius 2 is 2.00 bits per heavy atom. The van der Waals surface area contributed by atoms with Crippen molar-refractivity contribution in [3.8, 4) is 0 Å². The van der Waals surface area contributed by atoms with Crippen LogP contribution in [0.25, 0.3) is 0 Å². The lowest BCUT2D eigenvalue weighted by molar-refractivity contribution is 0.100. The third-order valence-corrected chi connectivity index (χ3v) is 3.97. The molecule has 2 aromatic rings. The molecule has 0 saturated heterocycles. The van der Waals surface area contributed by atoms with Gasteiger partial charge in [-0.1, -0.05) is 29.8 Å². The van der Waals surface area contributed by atoms with Crippen LogP contribution in [0.3, 0.4) is 0 Å². The number of hydrogen-bond acceptors (Lipinski definition) is 2. The van der Waals surface area contributed by atoms with E-state index in [-0.39, 0.29) is 0 Å². The zero-order valence-electron chi connectivity index (χ0n) is 9.99. The van der Waals surface area contributed by atoms with Gasteiger partial charge in [0.15, 0.2) is 0 Å². The number of benzene rings is 2. The molecule has 0 atom stereocenters. The fourth-order valence-electron chi connectivity index (χ4n) is 1.64. The number of halogens is 2. The minimum atomic E-state index is -0.473. The fourth-order valence-corrected chi connectivity index (χ4v) is 2.46. The molecule has 1 amide bonds. The Morgan fingerprint density at radius 1 is 1.26 bits per heavy atom. The lowest BCUT2D eigenvalue weighted by Crippen LogP contribution is -2.11. The molecule has 0 aromatic heterocycles. The van der Waals surface area contributed by atoms with Crippen LogP contribution in [0.15, 0.2) is 42.5 Å². The second kappa shape index (κ2) is 6.25. The van der Waals surface area contributed by atoms with E-state index < -0.39 is 5.91 Å². The molecule has 0 aliphatic rings. The lowest BCUT2D eigenvalue weighted by Gasteiger charge is -2.10. The number of rotatable bonds is 4. The molecule has 98 valence electrons. The molecule has 19 heavy (non-hydrogen) atoms. The number of primary amides is 1. The number of nitrogens with two attached hydrogens (primary N) is 1. The zero-order valence-corrected chi connectivity index (χ0v) is 12.9. The van der Waals surface area contributed by atoms with Crippen molar-refractivity contribution in [2.75, 3.05) is 5.32 Å². The topological polar surface area (TPSA) is 55.1 Å². The summed E-state index contributed by atoms with van der Waals surface area (Å²) in [6.45, 7) is 0.595. The zero-order chi connectivity index (χ0) is 13.8. The maximum Gasteiger partial charge on any atom is 0.248 e. The van der Waals surface area contributed by atoms with E-state index in [9.17, 15) is 4.79 Å². The van der Waals surface area contributed by atoms with Gasteiger partial charge in [0.2, 0.25) is 5.91 Å². The predicted octanol–water partition coefficient (Wildman–Crippen LogP) is 3.66. The highest BCUT2D eigenvalue weighted by Crippen LogP contribution is 2.21. The molecule has 0 fully saturated rings. The van der Waals surface area contributed by atoms with E-state index in [0.717, 1.165) is 14.8 Å². The fraction of sp³-hybridized carbons (Fsp3) is 0.0714. The molecule has 0 bridgehead atoms. The van der Waals surface area contributed by atoms with Gasteiger partial charge in [-0.25, -0.2) is 0 Å². The predicted molar refractivity (Wildman–Crippen MR) is 86.5 cm³/mol. The molecule has 2 rings (SSSR count). The van der Waals surface area contributed by atoms with Gasteiger partial charge in [0, 0.05) is 26.4 Å². The van der Waals surface area contributed by atoms with Gasteiger partial charge < -0.3 is 11.1 Å². The van der Waals surface area contributed by atoms with E-state index in [4.69, 9.17) is 17.3 Å². The van der Waals surface area contributed by atoms with Crippen LogP contribution < -0.4 is 11.1 Å². The van der Waals surface area contributed by atoms with Crippen molar-refractivity contribution in [3.63, 3.8) is 0 Å². The van der Waals surface area contributed by atoms with E-state index in [1.807, 2.05) is 30.3 Å². The summed E-state index contributed by atoms with van der Waals surface area (Å²) in [5.74, 6) is -0.473. The molecule has 0 spiro atoms. The van der Waals surface area contributed by atoms with Crippen molar-refractivity contribution in [1.82, 2.24) is 0 Å². The summed E-state index contributed by atoms with van der Waals surface area (Å²) < 4.78 is 1.14. The maximum atomic E-state index is 11.0. The second-order valence-corrected chi connectivity index (χ2v) is 5.57. The van der Waals surface area contributed by atoms with Gasteiger partial charge in [0.25, 0.3) is 0 Å². The first-order chi connectivity index (χ1) is 9.08. The number of hydrogen-bond donors (Lipinski definition) is 2. The minimum Gasteiger partial charge on any atom is -0.380 e. The molecule has 3 N–H and O–H groups in total. The van der Waals surface area contributed by atoms with Crippen LogP contribution in [0, 0.1) is 3.57 Å². The Morgan fingerprint density at radius 3 is 2.63 bits per heavy atom. The molecule has 0 unspecified atom stereocenters. The molecule has 0 radical (unpaired) electrons. The minimum absolute atomic E-state index is 0.419. The molecule has 0 aliphatic carbocycles. The third-order valence-electron chi connectivity index (χ3n) is 2.68. The first-order valence-electron chi connectivity index (χ1n) is 5.64. The Kier molecular flexibility index (Phi) is 4.66. The van der Waals surface area contributed by atoms with E-state index in [2.05, 4.69) is 27.9 Å². The molecule has 5 heteroatoms. The number of carbonyl (C=O) groups is 1. The molecule has 2 aromatic carbocycles. The molecule has 0 heterocycles. The van der Waals surface area contributed by atoms with Crippen LogP contribution in [0.2, 0.25) is 5.02 Å². The summed E-state index contributed by atoms with van der Waals surface area (Å²) in [7, 11) is 0. The standard InChI is InChI=1S/C14H12ClIN2O/c15-11-7-9(14(17)19)5-6-10(11)8-18-13-4-2-1-3-12(13)16/h1-7,18H,8H2,(H2,17,19). The number of carbonyl (C=O) groups excluding carboxylic acids is 1. The largest absolute Gasteiger partial charge is 0.380 e. The second-order valence-electron chi connectivity index (χ2n) is 4.00. The van der Waals surface area contributed by atoms with Gasteiger partial charge in [-0.2, -0.15) is 0 Å². The first kappa shape index (κ1) is 14.1. The summed E-state index contributed by atoms with van der Waals surface area (Å²) in [4.78, 5) is 11.0. The number of amides is 1. The van der Waals surface area contributed by atoms with Crippen molar-refractivity contribution in [1.29, 1.82) is 0 Å². The summed E-state index contributed by atoms with van der Waals surface area (Å²) in [5, 5.41) is 3.85. The average Bonchev–Trinajstić information content (AvgIpc) is 2.39. The lowest BCUT2D eigenvalue weighted by atomic mass is 10.1. The van der Waals surface area contributed by atoms with Gasteiger partial charge in [-0.3, -0.25) is 4.79 Å². The number of anilines is 1. The van der Waals surface area contributed by atoms with Crippen molar-refractivity contribution in [2.24, 2.45) is 5.73 Å². The van der Waals surface area contributed by atoms with Gasteiger partial charge in [-0.05, 0) is 52.4 Å². The van der Waals surface area contributed by atoms with Crippen molar-refractivity contribution in [2.45, 2.75) is 6.54 Å². The normalized spacial score (nSPS) is 10.2. The molecule has 3 nitrogen and oxygen atoms in total. The maximum absolute atomic E-state index is 11.0. The Balaban J connectivity index is 2.12. The third kappa shape index (κ3) is 3.61. The Hall–Kier alpha value is -1.27. The van der Waals surface area contributed by atoms with Crippen molar-refractivity contribution < 1.29 is 4.79 Å². The van der Waals surface area contributed by atoms with Crippen LogP contribution in [0.5, 0.6) is 0 Å². The van der Waals surface area contributed by atoms with Crippen molar-refractivity contribution >= 4 is 45.8 Å². The summed E-state index contributed by atoms with van der Waals surface area (Å²) >= 11 is 8.40. The highest BCUT2D eigenvalue weighted by molar-refractivity contribution is 14.1. The van der Waals surface area contributed by atoms with Gasteiger partial charge in [0.1, 0.15) is 0 Å². The van der Waals surface area contributed by atoms with Crippen molar-refractivity contribution in [3.05, 3.63) is 62.2 Å². The van der Waals surface area contributed by atoms with Crippen LogP contribution in [0.4, 0.5) is 5.69 Å². The van der Waals surface area contributed by atoms with E-state index in [0.29, 0.717) is 17.1 Å². The van der Waals surface area contributed by atoms with Gasteiger partial charge >= 0.3 is 0 Å². The summed E-state index contributed by atoms with van der Waals surface area (Å²) in [5.41, 5.74) is 7.60. The van der Waals surface area contributed by atoms with Gasteiger partial charge in [-0.15, -0.1) is 0 Å². The number of para-hydroxylation sites is 1. The summed E-state index contributed by atoms with van der Waals surface area (Å²) in [6.07, 6.45) is 0. The van der Waals surface area contributed by atoms with E-state index >= 15 is 0 Å². The monoisotopic (exact) mass is 386 g/mol. The van der Waals surface area contributed by atoms with Crippen LogP contribution >= 0.6 is 34.2 Å². The highest BCUT2D eigenvalue weighted by atomic mass is 127. The molecular formula is C14H12ClIN2O. The van der Waals surface area contributed by atoms with Crippen LogP contribution in [0.1, 0.15) is 15.9 Å². The van der Waals surface area contributed by atoms with Gasteiger partial charge in [0.05, 0.1) is 0 Å². The van der Waals surface area contributed by atoms with Crippen LogP contribution in [-0.4, -0.2) is 5.91 Å². The Bertz CT molecular complexity index is 616. The SMILES string of the molecule is NC(=O)c1ccc(CNc2ccccc2I)c(Cl)c1. The van der Waals surface area contributed by atoms with E-state index in [1.165, 1.54) is 0 Å². The smallest absolute Gasteiger partial charge is 0.248 e. The summed E-state index contributed by atoms with van der Waals surface area (Å²) in [6, 6.07) is 13.1. The average molecular weight is 387 g/mol. The highest BCUT2D eigenvalue weighted by Gasteiger charge is 2.06. The van der Waals surface area contributed by atoms with E-state index in [1.54, 1.807) is 12.1 Å². The Labute approximate surface area is 130 Å². The molecule has 0 aliphatic heterocycles. The molecular weight excluding hydrogens is 375 g/mol. The van der Waals surface area contributed by atoms with Crippen LogP contribution in [-0.2, 0) is 6.54 Å². The number of nitrogens with one attached hydrogen (secondary N) is 1. The molecule has 0 saturated carbocycles. The first-order valence-corrected chi connectivity index (χ1v) is 7.10. The quantitative estimate of drug-likeness (QED) is 0.788.